The number of carbonyl (C=O) groups is 1. The van der Waals surface area contributed by atoms with Gasteiger partial charge in [0, 0.05) is 25.2 Å². The zero-order valence-corrected chi connectivity index (χ0v) is 17.0. The van der Waals surface area contributed by atoms with Crippen LogP contribution >= 0.6 is 0 Å². The molecule has 1 N–H and O–H groups in total. The lowest BCUT2D eigenvalue weighted by Gasteiger charge is -2.26. The number of benzene rings is 2. The minimum absolute atomic E-state index is 0.140. The summed E-state index contributed by atoms with van der Waals surface area (Å²) in [4.78, 5) is 12.9. The van der Waals surface area contributed by atoms with Gasteiger partial charge in [0.25, 0.3) is 5.91 Å². The Labute approximate surface area is 166 Å². The van der Waals surface area contributed by atoms with E-state index in [9.17, 15) is 13.2 Å². The van der Waals surface area contributed by atoms with Crippen molar-refractivity contribution < 1.29 is 17.9 Å². The van der Waals surface area contributed by atoms with Gasteiger partial charge >= 0.3 is 0 Å². The summed E-state index contributed by atoms with van der Waals surface area (Å²) in [5, 5.41) is 2.93. The molecule has 0 unspecified atom stereocenters. The second-order valence-electron chi connectivity index (χ2n) is 7.01. The summed E-state index contributed by atoms with van der Waals surface area (Å²) in [5.74, 6) is -0.106. The molecule has 0 saturated carbocycles. The summed E-state index contributed by atoms with van der Waals surface area (Å²) in [7, 11) is -3.64. The van der Waals surface area contributed by atoms with Gasteiger partial charge in [-0.3, -0.25) is 4.79 Å². The lowest BCUT2D eigenvalue weighted by Crippen LogP contribution is -2.40. The number of hydrogen-bond acceptors (Lipinski definition) is 4. The van der Waals surface area contributed by atoms with Gasteiger partial charge in [0.2, 0.25) is 10.0 Å². The molecule has 0 spiro atoms. The fraction of sp³-hybridized carbons (Fsp3) is 0.381. The Morgan fingerprint density at radius 1 is 1.14 bits per heavy atom. The summed E-state index contributed by atoms with van der Waals surface area (Å²) in [5.41, 5.74) is 2.27. The largest absolute Gasteiger partial charge is 0.379 e. The van der Waals surface area contributed by atoms with Crippen molar-refractivity contribution in [2.24, 2.45) is 0 Å². The van der Waals surface area contributed by atoms with E-state index < -0.39 is 10.0 Å². The van der Waals surface area contributed by atoms with Crippen molar-refractivity contribution in [2.75, 3.05) is 32.8 Å². The molecule has 150 valence electrons. The van der Waals surface area contributed by atoms with Crippen LogP contribution in [0.3, 0.4) is 0 Å². The first kappa shape index (κ1) is 20.5. The maximum Gasteiger partial charge on any atom is 0.251 e. The Hall–Kier alpha value is -2.22. The minimum atomic E-state index is -3.64. The van der Waals surface area contributed by atoms with E-state index in [4.69, 9.17) is 4.74 Å². The van der Waals surface area contributed by atoms with E-state index in [2.05, 4.69) is 5.32 Å². The first-order valence-corrected chi connectivity index (χ1v) is 10.9. The normalized spacial score (nSPS) is 16.5. The molecule has 6 nitrogen and oxygen atoms in total. The lowest BCUT2D eigenvalue weighted by molar-refractivity contribution is 0.0730. The predicted molar refractivity (Wildman–Crippen MR) is 108 cm³/mol. The first-order chi connectivity index (χ1) is 13.4. The van der Waals surface area contributed by atoms with Gasteiger partial charge in [0.1, 0.15) is 0 Å². The second-order valence-corrected chi connectivity index (χ2v) is 8.95. The number of rotatable bonds is 6. The molecule has 0 aromatic heterocycles. The van der Waals surface area contributed by atoms with Crippen LogP contribution in [0.2, 0.25) is 0 Å². The quantitative estimate of drug-likeness (QED) is 0.806. The Kier molecular flexibility index (Phi) is 6.49. The molecule has 1 fully saturated rings. The van der Waals surface area contributed by atoms with Gasteiger partial charge in [-0.2, -0.15) is 4.31 Å². The minimum Gasteiger partial charge on any atom is -0.379 e. The predicted octanol–water partition coefficient (Wildman–Crippen LogP) is 2.55. The van der Waals surface area contributed by atoms with Gasteiger partial charge < -0.3 is 10.1 Å². The molecule has 3 rings (SSSR count). The van der Waals surface area contributed by atoms with Crippen LogP contribution in [0.5, 0.6) is 0 Å². The topological polar surface area (TPSA) is 75.7 Å². The molecule has 1 amide bonds. The molecule has 1 saturated heterocycles. The van der Waals surface area contributed by atoms with Crippen molar-refractivity contribution in [2.45, 2.75) is 24.7 Å². The highest BCUT2D eigenvalue weighted by atomic mass is 32.2. The van der Waals surface area contributed by atoms with Crippen molar-refractivity contribution >= 4 is 15.9 Å². The average molecular weight is 403 g/mol. The van der Waals surface area contributed by atoms with E-state index in [1.807, 2.05) is 37.3 Å². The highest BCUT2D eigenvalue weighted by Gasteiger charge is 2.27. The van der Waals surface area contributed by atoms with E-state index in [0.717, 1.165) is 11.1 Å². The first-order valence-electron chi connectivity index (χ1n) is 9.41. The Balaban J connectivity index is 1.74. The second kappa shape index (κ2) is 8.86. The van der Waals surface area contributed by atoms with E-state index >= 15 is 0 Å². The smallest absolute Gasteiger partial charge is 0.251 e. The van der Waals surface area contributed by atoms with Crippen LogP contribution in [0.15, 0.2) is 53.4 Å². The van der Waals surface area contributed by atoms with Crippen LogP contribution in [0.1, 0.15) is 34.3 Å². The summed E-state index contributed by atoms with van der Waals surface area (Å²) in [6.07, 6.45) is 0. The standard InChI is InChI=1S/C21H26N2O4S/c1-16-8-9-19(28(25,26)23-10-12-27-13-11-23)14-20(16)21(24)22-15-17(2)18-6-4-3-5-7-18/h3-9,14,17H,10-13,15H2,1-2H3,(H,22,24)/t17-/m1/s1. The van der Waals surface area contributed by atoms with Gasteiger partial charge in [-0.15, -0.1) is 0 Å². The van der Waals surface area contributed by atoms with Crippen molar-refractivity contribution in [3.05, 3.63) is 65.2 Å². The van der Waals surface area contributed by atoms with Crippen molar-refractivity contribution in [1.82, 2.24) is 9.62 Å². The molecule has 1 aliphatic heterocycles. The molecule has 1 heterocycles. The van der Waals surface area contributed by atoms with Crippen LogP contribution < -0.4 is 5.32 Å². The van der Waals surface area contributed by atoms with Gasteiger partial charge in [-0.05, 0) is 36.1 Å². The molecule has 0 radical (unpaired) electrons. The Morgan fingerprint density at radius 2 is 1.82 bits per heavy atom. The highest BCUT2D eigenvalue weighted by Crippen LogP contribution is 2.21. The van der Waals surface area contributed by atoms with Crippen LogP contribution in [0.4, 0.5) is 0 Å². The number of nitrogens with one attached hydrogen (secondary N) is 1. The molecule has 1 atom stereocenters. The van der Waals surface area contributed by atoms with Gasteiger partial charge in [0.05, 0.1) is 18.1 Å². The van der Waals surface area contributed by atoms with Crippen LogP contribution in [-0.2, 0) is 14.8 Å². The highest BCUT2D eigenvalue weighted by molar-refractivity contribution is 7.89. The zero-order valence-electron chi connectivity index (χ0n) is 16.2. The summed E-state index contributed by atoms with van der Waals surface area (Å²) >= 11 is 0. The molecule has 2 aromatic carbocycles. The molecule has 28 heavy (non-hydrogen) atoms. The molecular weight excluding hydrogens is 376 g/mol. The van der Waals surface area contributed by atoms with E-state index in [1.165, 1.54) is 10.4 Å². The fourth-order valence-electron chi connectivity index (χ4n) is 3.18. The lowest BCUT2D eigenvalue weighted by atomic mass is 10.0. The number of carbonyl (C=O) groups excluding carboxylic acids is 1. The summed E-state index contributed by atoms with van der Waals surface area (Å²) in [6.45, 7) is 5.75. The Bertz CT molecular complexity index is 923. The van der Waals surface area contributed by atoms with Gasteiger partial charge in [-0.1, -0.05) is 43.3 Å². The monoisotopic (exact) mass is 402 g/mol. The van der Waals surface area contributed by atoms with Gasteiger partial charge in [-0.25, -0.2) is 8.42 Å². The third-order valence-corrected chi connectivity index (χ3v) is 6.89. The van der Waals surface area contributed by atoms with Gasteiger partial charge in [0.15, 0.2) is 0 Å². The molecule has 2 aromatic rings. The number of morpholine rings is 1. The van der Waals surface area contributed by atoms with Crippen LogP contribution in [0.25, 0.3) is 0 Å². The average Bonchev–Trinajstić information content (AvgIpc) is 2.73. The molecule has 0 aliphatic carbocycles. The zero-order chi connectivity index (χ0) is 20.1. The number of ether oxygens (including phenoxy) is 1. The number of hydrogen-bond donors (Lipinski definition) is 1. The maximum atomic E-state index is 12.9. The van der Waals surface area contributed by atoms with E-state index in [-0.39, 0.29) is 16.7 Å². The molecular formula is C21H26N2O4S. The van der Waals surface area contributed by atoms with Crippen LogP contribution in [-0.4, -0.2) is 51.5 Å². The Morgan fingerprint density at radius 3 is 2.50 bits per heavy atom. The van der Waals surface area contributed by atoms with E-state index in [0.29, 0.717) is 38.4 Å². The molecule has 7 heteroatoms. The van der Waals surface area contributed by atoms with Crippen molar-refractivity contribution in [3.8, 4) is 0 Å². The third-order valence-electron chi connectivity index (χ3n) is 5.00. The van der Waals surface area contributed by atoms with Crippen molar-refractivity contribution in [1.29, 1.82) is 0 Å². The molecule has 1 aliphatic rings. The van der Waals surface area contributed by atoms with Crippen LogP contribution in [0, 0.1) is 6.92 Å². The summed E-state index contributed by atoms with van der Waals surface area (Å²) in [6, 6.07) is 14.7. The van der Waals surface area contributed by atoms with Crippen molar-refractivity contribution in [3.63, 3.8) is 0 Å². The maximum absolute atomic E-state index is 12.9. The fourth-order valence-corrected chi connectivity index (χ4v) is 4.62. The number of sulfonamides is 1. The summed E-state index contributed by atoms with van der Waals surface area (Å²) < 4.78 is 32.4. The van der Waals surface area contributed by atoms with E-state index in [1.54, 1.807) is 19.1 Å². The number of amides is 1. The molecule has 0 bridgehead atoms. The number of nitrogens with zero attached hydrogens (tertiary/aromatic N) is 1. The third kappa shape index (κ3) is 4.60. The SMILES string of the molecule is Cc1ccc(S(=O)(=O)N2CCOCC2)cc1C(=O)NC[C@@H](C)c1ccccc1. The number of aryl methyl sites for hydroxylation is 1.